The molecule has 180 valence electrons. The number of rotatable bonds is 10. The Morgan fingerprint density at radius 1 is 0.971 bits per heavy atom. The van der Waals surface area contributed by atoms with Gasteiger partial charge in [0.2, 0.25) is 10.0 Å². The minimum Gasteiger partial charge on any atom is -0.361 e. The molecule has 1 saturated heterocycles. The monoisotopic (exact) mass is 483 g/mol. The lowest BCUT2D eigenvalue weighted by Gasteiger charge is -2.32. The fraction of sp³-hybridized carbons (Fsp3) is 0.360. The summed E-state index contributed by atoms with van der Waals surface area (Å²) in [5.41, 5.74) is 1.18. The Hall–Kier alpha value is -3.01. The molecular weight excluding hydrogens is 454 g/mol. The van der Waals surface area contributed by atoms with E-state index in [4.69, 9.17) is 4.74 Å². The van der Waals surface area contributed by atoms with E-state index in [1.807, 2.05) is 36.4 Å². The lowest BCUT2D eigenvalue weighted by atomic mass is 9.84. The summed E-state index contributed by atoms with van der Waals surface area (Å²) in [4.78, 5) is 25.0. The molecule has 1 unspecified atom stereocenters. The summed E-state index contributed by atoms with van der Waals surface area (Å²) in [6.45, 7) is 0.646. The van der Waals surface area contributed by atoms with Crippen molar-refractivity contribution in [2.24, 2.45) is 0 Å². The largest absolute Gasteiger partial charge is 0.361 e. The van der Waals surface area contributed by atoms with Gasteiger partial charge in [0.05, 0.1) is 5.75 Å². The average molecular weight is 484 g/mol. The number of hydrogen-bond acceptors (Lipinski definition) is 5. The molecule has 3 aromatic rings. The molecule has 1 atom stereocenters. The highest BCUT2D eigenvalue weighted by Crippen LogP contribution is 2.37. The third kappa shape index (κ3) is 5.72. The normalized spacial score (nSPS) is 16.8. The lowest BCUT2D eigenvalue weighted by Crippen LogP contribution is -2.41. The van der Waals surface area contributed by atoms with Crippen molar-refractivity contribution in [2.75, 3.05) is 18.9 Å². The van der Waals surface area contributed by atoms with Gasteiger partial charge in [-0.1, -0.05) is 60.7 Å². The summed E-state index contributed by atoms with van der Waals surface area (Å²) >= 11 is 0. The minimum absolute atomic E-state index is 0.0275. The third-order valence-corrected chi connectivity index (χ3v) is 8.10. The third-order valence-electron chi connectivity index (χ3n) is 6.13. The molecular formula is C25H29N3O5S. The molecule has 0 radical (unpaired) electrons. The van der Waals surface area contributed by atoms with E-state index in [9.17, 15) is 18.0 Å². The molecule has 34 heavy (non-hydrogen) atoms. The van der Waals surface area contributed by atoms with E-state index in [1.54, 1.807) is 4.31 Å². The summed E-state index contributed by atoms with van der Waals surface area (Å²) < 4.78 is 35.0. The van der Waals surface area contributed by atoms with E-state index in [-0.39, 0.29) is 31.1 Å². The number of ether oxygens (including phenoxy) is 1. The van der Waals surface area contributed by atoms with Crippen LogP contribution >= 0.6 is 0 Å². The van der Waals surface area contributed by atoms with Gasteiger partial charge < -0.3 is 4.74 Å². The van der Waals surface area contributed by atoms with Crippen LogP contribution in [0.2, 0.25) is 0 Å². The number of nitrogens with zero attached hydrogens (tertiary/aromatic N) is 2. The molecule has 0 bridgehead atoms. The van der Waals surface area contributed by atoms with Crippen LogP contribution in [0.4, 0.5) is 0 Å². The molecule has 0 aliphatic carbocycles. The Morgan fingerprint density at radius 2 is 1.62 bits per heavy atom. The first-order valence-corrected chi connectivity index (χ1v) is 13.0. The molecule has 0 amide bonds. The number of hydrogen-bond donors (Lipinski definition) is 1. The smallest absolute Gasteiger partial charge is 0.330 e. The van der Waals surface area contributed by atoms with Crippen molar-refractivity contribution in [3.8, 4) is 0 Å². The van der Waals surface area contributed by atoms with Crippen molar-refractivity contribution in [3.05, 3.63) is 105 Å². The molecule has 8 nitrogen and oxygen atoms in total. The van der Waals surface area contributed by atoms with Gasteiger partial charge in [-0.3, -0.25) is 14.3 Å². The fourth-order valence-electron chi connectivity index (χ4n) is 4.57. The van der Waals surface area contributed by atoms with E-state index >= 15 is 0 Å². The SMILES string of the molecule is O=c1ccn(COCCCS(=O)(=O)N2CCCC2C(c2ccccc2)c2ccccc2)c(=O)[nH]1. The van der Waals surface area contributed by atoms with Crippen molar-refractivity contribution >= 4 is 10.0 Å². The van der Waals surface area contributed by atoms with Gasteiger partial charge in [-0.05, 0) is 30.4 Å². The van der Waals surface area contributed by atoms with Crippen molar-refractivity contribution in [3.63, 3.8) is 0 Å². The summed E-state index contributed by atoms with van der Waals surface area (Å²) in [6, 6.07) is 21.2. The first-order chi connectivity index (χ1) is 16.5. The van der Waals surface area contributed by atoms with Gasteiger partial charge in [0.1, 0.15) is 6.73 Å². The second kappa shape index (κ2) is 10.9. The Balaban J connectivity index is 1.42. The zero-order valence-electron chi connectivity index (χ0n) is 18.9. The van der Waals surface area contributed by atoms with E-state index in [0.29, 0.717) is 13.0 Å². The molecule has 0 saturated carbocycles. The van der Waals surface area contributed by atoms with Gasteiger partial charge in [-0.2, -0.15) is 4.31 Å². The first-order valence-electron chi connectivity index (χ1n) is 11.4. The van der Waals surface area contributed by atoms with Gasteiger partial charge in [0, 0.05) is 37.4 Å². The Bertz CT molecular complexity index is 1250. The van der Waals surface area contributed by atoms with Crippen LogP contribution in [-0.2, 0) is 21.5 Å². The molecule has 0 spiro atoms. The lowest BCUT2D eigenvalue weighted by molar-refractivity contribution is 0.0743. The molecule has 1 aliphatic rings. The minimum atomic E-state index is -3.49. The van der Waals surface area contributed by atoms with Gasteiger partial charge in [0.25, 0.3) is 5.56 Å². The van der Waals surface area contributed by atoms with Gasteiger partial charge in [-0.25, -0.2) is 13.2 Å². The highest BCUT2D eigenvalue weighted by atomic mass is 32.2. The Labute approximate surface area is 198 Å². The highest BCUT2D eigenvalue weighted by molar-refractivity contribution is 7.89. The number of sulfonamides is 1. The van der Waals surface area contributed by atoms with Gasteiger partial charge in [0.15, 0.2) is 0 Å². The maximum absolute atomic E-state index is 13.3. The number of H-pyrrole nitrogens is 1. The summed E-state index contributed by atoms with van der Waals surface area (Å²) in [5, 5.41) is 0. The number of aromatic nitrogens is 2. The van der Waals surface area contributed by atoms with Gasteiger partial charge in [-0.15, -0.1) is 0 Å². The van der Waals surface area contributed by atoms with E-state index in [2.05, 4.69) is 29.2 Å². The second-order valence-corrected chi connectivity index (χ2v) is 10.4. The van der Waals surface area contributed by atoms with Crippen LogP contribution in [0.15, 0.2) is 82.5 Å². The predicted octanol–water partition coefficient (Wildman–Crippen LogP) is 2.53. The average Bonchev–Trinajstić information content (AvgIpc) is 3.32. The van der Waals surface area contributed by atoms with Crippen LogP contribution < -0.4 is 11.2 Å². The maximum Gasteiger partial charge on any atom is 0.330 e. The van der Waals surface area contributed by atoms with Crippen molar-refractivity contribution in [1.82, 2.24) is 13.9 Å². The standard InChI is InChI=1S/C25H29N3O5S/c29-23-14-16-27(25(30)26-23)19-33-17-8-18-34(31,32)28-15-7-13-22(28)24(20-9-3-1-4-10-20)21-11-5-2-6-12-21/h1-6,9-12,14,16,22,24H,7-8,13,15,17-19H2,(H,26,29,30). The van der Waals surface area contributed by atoms with Crippen LogP contribution in [0.25, 0.3) is 0 Å². The van der Waals surface area contributed by atoms with Gasteiger partial charge >= 0.3 is 5.69 Å². The fourth-order valence-corrected chi connectivity index (χ4v) is 6.34. The van der Waals surface area contributed by atoms with E-state index in [0.717, 1.165) is 24.0 Å². The first kappa shape index (κ1) is 24.1. The molecule has 1 aliphatic heterocycles. The van der Waals surface area contributed by atoms with Crippen LogP contribution in [0.5, 0.6) is 0 Å². The van der Waals surface area contributed by atoms with Crippen molar-refractivity contribution < 1.29 is 13.2 Å². The topological polar surface area (TPSA) is 101 Å². The summed E-state index contributed by atoms with van der Waals surface area (Å²) in [6.07, 6.45) is 3.29. The number of nitrogens with one attached hydrogen (secondary N) is 1. The molecule has 2 heterocycles. The molecule has 1 N–H and O–H groups in total. The van der Waals surface area contributed by atoms with E-state index in [1.165, 1.54) is 16.8 Å². The molecule has 2 aromatic carbocycles. The highest BCUT2D eigenvalue weighted by Gasteiger charge is 2.39. The zero-order valence-corrected chi connectivity index (χ0v) is 19.7. The molecule has 9 heteroatoms. The Kier molecular flexibility index (Phi) is 7.77. The van der Waals surface area contributed by atoms with Crippen LogP contribution in [0.1, 0.15) is 36.3 Å². The van der Waals surface area contributed by atoms with Crippen molar-refractivity contribution in [1.29, 1.82) is 0 Å². The predicted molar refractivity (Wildman–Crippen MR) is 130 cm³/mol. The number of aromatic amines is 1. The molecule has 4 rings (SSSR count). The molecule has 1 aromatic heterocycles. The summed E-state index contributed by atoms with van der Waals surface area (Å²) in [7, 11) is -3.49. The quantitative estimate of drug-likeness (QED) is 0.447. The zero-order chi connectivity index (χ0) is 24.0. The second-order valence-electron chi connectivity index (χ2n) is 8.41. The number of benzene rings is 2. The Morgan fingerprint density at radius 3 is 2.24 bits per heavy atom. The van der Waals surface area contributed by atoms with Crippen LogP contribution in [-0.4, -0.2) is 47.2 Å². The van der Waals surface area contributed by atoms with E-state index < -0.39 is 21.3 Å². The maximum atomic E-state index is 13.3. The van der Waals surface area contributed by atoms with Crippen LogP contribution in [0.3, 0.4) is 0 Å². The van der Waals surface area contributed by atoms with Crippen molar-refractivity contribution in [2.45, 2.75) is 38.0 Å². The molecule has 1 fully saturated rings. The summed E-state index contributed by atoms with van der Waals surface area (Å²) in [5.74, 6) is -0.0663. The van der Waals surface area contributed by atoms with Crippen LogP contribution in [0, 0.1) is 0 Å².